The number of aromatic nitrogens is 1. The zero-order valence-electron chi connectivity index (χ0n) is 21.0. The number of methoxy groups -OCH3 is 2. The van der Waals surface area contributed by atoms with Gasteiger partial charge >= 0.3 is 5.97 Å². The van der Waals surface area contributed by atoms with Gasteiger partial charge in [-0.05, 0) is 61.2 Å². The molecule has 1 atom stereocenters. The van der Waals surface area contributed by atoms with Crippen LogP contribution in [0.15, 0.2) is 66.9 Å². The largest absolute Gasteiger partial charge is 0.497 e. The summed E-state index contributed by atoms with van der Waals surface area (Å²) in [4.78, 5) is 16.2. The first-order valence-corrected chi connectivity index (χ1v) is 12.0. The zero-order valence-corrected chi connectivity index (χ0v) is 21.0. The highest BCUT2D eigenvalue weighted by Gasteiger charge is 2.20. The summed E-state index contributed by atoms with van der Waals surface area (Å²) >= 11 is 0. The molecule has 0 saturated carbocycles. The first-order chi connectivity index (χ1) is 17.5. The van der Waals surface area contributed by atoms with E-state index in [4.69, 9.17) is 18.9 Å². The fraction of sp³-hybridized carbons (Fsp3) is 0.310. The summed E-state index contributed by atoms with van der Waals surface area (Å²) < 4.78 is 22.4. The van der Waals surface area contributed by atoms with E-state index in [1.54, 1.807) is 31.4 Å². The van der Waals surface area contributed by atoms with E-state index < -0.39 is 12.1 Å². The van der Waals surface area contributed by atoms with Crippen molar-refractivity contribution in [3.8, 4) is 23.0 Å². The van der Waals surface area contributed by atoms with Gasteiger partial charge in [0.05, 0.1) is 20.8 Å². The van der Waals surface area contributed by atoms with Crippen LogP contribution in [-0.4, -0.2) is 43.0 Å². The van der Waals surface area contributed by atoms with E-state index in [0.29, 0.717) is 43.1 Å². The third kappa shape index (κ3) is 7.77. The van der Waals surface area contributed by atoms with Crippen LogP contribution in [0.1, 0.15) is 36.6 Å². The minimum absolute atomic E-state index is 0.295. The van der Waals surface area contributed by atoms with E-state index in [1.807, 2.05) is 42.6 Å². The molecular weight excluding hydrogens is 458 g/mol. The Hall–Kier alpha value is -4.00. The maximum Gasteiger partial charge on any atom is 0.344 e. The van der Waals surface area contributed by atoms with Crippen LogP contribution in [0, 0.1) is 0 Å². The van der Waals surface area contributed by atoms with Gasteiger partial charge in [0.25, 0.3) is 0 Å². The number of hydrogen-bond acceptors (Lipinski definition) is 6. The monoisotopic (exact) mass is 491 g/mol. The average molecular weight is 492 g/mol. The number of aryl methyl sites for hydroxylation is 1. The third-order valence-electron chi connectivity index (χ3n) is 5.63. The number of benzene rings is 2. The Morgan fingerprint density at radius 2 is 1.83 bits per heavy atom. The summed E-state index contributed by atoms with van der Waals surface area (Å²) in [6.45, 7) is 2.59. The molecule has 0 fully saturated rings. The number of carbonyl (C=O) groups is 1. The summed E-state index contributed by atoms with van der Waals surface area (Å²) in [7, 11) is 3.13. The van der Waals surface area contributed by atoms with E-state index in [1.165, 1.54) is 12.7 Å². The van der Waals surface area contributed by atoms with Crippen molar-refractivity contribution in [2.75, 3.05) is 20.8 Å². The lowest BCUT2D eigenvalue weighted by Gasteiger charge is -2.16. The predicted octanol–water partition coefficient (Wildman–Crippen LogP) is 5.61. The molecule has 1 aromatic heterocycles. The number of ether oxygens (including phenoxy) is 4. The second kappa shape index (κ2) is 13.8. The molecule has 190 valence electrons. The van der Waals surface area contributed by atoms with Crippen LogP contribution in [0.2, 0.25) is 0 Å². The summed E-state index contributed by atoms with van der Waals surface area (Å²) in [6.07, 6.45) is 7.17. The highest BCUT2D eigenvalue weighted by atomic mass is 16.5. The van der Waals surface area contributed by atoms with Gasteiger partial charge in [-0.15, -0.1) is 0 Å². The Labute approximate surface area is 212 Å². The number of rotatable bonds is 14. The van der Waals surface area contributed by atoms with Crippen LogP contribution in [-0.2, 0) is 17.6 Å². The summed E-state index contributed by atoms with van der Waals surface area (Å²) in [5.74, 6) is 1.30. The van der Waals surface area contributed by atoms with Gasteiger partial charge in [-0.3, -0.25) is 4.98 Å². The maximum atomic E-state index is 11.7. The third-order valence-corrected chi connectivity index (χ3v) is 5.63. The maximum absolute atomic E-state index is 11.7. The predicted molar refractivity (Wildman–Crippen MR) is 139 cm³/mol. The standard InChI is InChI=1S/C29H33NO6/c1-4-21-13-14-23(30-20-21)17-18-35-25-16-15-24(33-2)19-22(25)9-5-6-12-28(29(31)32)36-27-11-8-7-10-26(27)34-3/h5,7-11,13-16,19-20,28H,4,6,12,17-18H2,1-3H3,(H,31,32)/b9-5+. The van der Waals surface area contributed by atoms with Crippen LogP contribution in [0.4, 0.5) is 0 Å². The summed E-state index contributed by atoms with van der Waals surface area (Å²) in [6, 6.07) is 16.7. The molecule has 36 heavy (non-hydrogen) atoms. The number of carboxylic acids is 1. The van der Waals surface area contributed by atoms with Gasteiger partial charge < -0.3 is 24.1 Å². The molecule has 0 radical (unpaired) electrons. The molecule has 1 N–H and O–H groups in total. The molecule has 1 unspecified atom stereocenters. The van der Waals surface area contributed by atoms with Gasteiger partial charge in [0.1, 0.15) is 11.5 Å². The molecule has 7 nitrogen and oxygen atoms in total. The summed E-state index contributed by atoms with van der Waals surface area (Å²) in [5, 5.41) is 9.62. The topological polar surface area (TPSA) is 87.1 Å². The Bertz CT molecular complexity index is 1140. The number of para-hydroxylation sites is 2. The first kappa shape index (κ1) is 26.6. The number of allylic oxidation sites excluding steroid dienone is 1. The van der Waals surface area contributed by atoms with Crippen molar-refractivity contribution < 1.29 is 28.8 Å². The number of carboxylic acid groups (broad SMARTS) is 1. The fourth-order valence-electron chi connectivity index (χ4n) is 3.55. The molecule has 2 aromatic carbocycles. The van der Waals surface area contributed by atoms with Crippen molar-refractivity contribution in [2.24, 2.45) is 0 Å². The van der Waals surface area contributed by atoms with Crippen molar-refractivity contribution in [1.82, 2.24) is 4.98 Å². The molecule has 0 saturated heterocycles. The molecule has 0 aliphatic carbocycles. The number of pyridine rings is 1. The van der Waals surface area contributed by atoms with E-state index in [0.717, 1.165) is 23.4 Å². The number of aliphatic carboxylic acids is 1. The second-order valence-corrected chi connectivity index (χ2v) is 8.09. The van der Waals surface area contributed by atoms with Gasteiger partial charge in [-0.2, -0.15) is 0 Å². The van der Waals surface area contributed by atoms with Crippen LogP contribution >= 0.6 is 0 Å². The molecule has 0 aliphatic rings. The van der Waals surface area contributed by atoms with E-state index in [9.17, 15) is 9.90 Å². The number of nitrogens with zero attached hydrogens (tertiary/aromatic N) is 1. The van der Waals surface area contributed by atoms with E-state index in [2.05, 4.69) is 18.0 Å². The Morgan fingerprint density at radius 1 is 1.03 bits per heavy atom. The molecule has 0 aliphatic heterocycles. The van der Waals surface area contributed by atoms with Crippen molar-refractivity contribution in [1.29, 1.82) is 0 Å². The second-order valence-electron chi connectivity index (χ2n) is 8.09. The molecule has 3 aromatic rings. The molecule has 0 amide bonds. The highest BCUT2D eigenvalue weighted by Crippen LogP contribution is 2.28. The molecule has 1 heterocycles. The molecule has 0 bridgehead atoms. The molecular formula is C29H33NO6. The molecule has 7 heteroatoms. The minimum Gasteiger partial charge on any atom is -0.497 e. The Morgan fingerprint density at radius 3 is 2.50 bits per heavy atom. The number of hydrogen-bond donors (Lipinski definition) is 1. The molecule has 3 rings (SSSR count). The van der Waals surface area contributed by atoms with Crippen molar-refractivity contribution in [3.63, 3.8) is 0 Å². The van der Waals surface area contributed by atoms with Crippen molar-refractivity contribution >= 4 is 12.0 Å². The smallest absolute Gasteiger partial charge is 0.344 e. The van der Waals surface area contributed by atoms with Crippen LogP contribution in [0.25, 0.3) is 6.08 Å². The van der Waals surface area contributed by atoms with Gasteiger partial charge in [0.2, 0.25) is 0 Å². The SMILES string of the molecule is CCc1ccc(CCOc2ccc(OC)cc2/C=C/CCC(Oc2ccccc2OC)C(=O)O)nc1. The van der Waals surface area contributed by atoms with Crippen molar-refractivity contribution in [2.45, 2.75) is 38.7 Å². The Kier molecular flexibility index (Phi) is 10.2. The minimum atomic E-state index is -1.03. The lowest BCUT2D eigenvalue weighted by atomic mass is 10.1. The average Bonchev–Trinajstić information content (AvgIpc) is 2.91. The zero-order chi connectivity index (χ0) is 25.8. The van der Waals surface area contributed by atoms with Crippen LogP contribution in [0.3, 0.4) is 0 Å². The van der Waals surface area contributed by atoms with Gasteiger partial charge in [-0.25, -0.2) is 4.79 Å². The Balaban J connectivity index is 1.61. The summed E-state index contributed by atoms with van der Waals surface area (Å²) in [5.41, 5.74) is 3.04. The van der Waals surface area contributed by atoms with E-state index >= 15 is 0 Å². The first-order valence-electron chi connectivity index (χ1n) is 12.0. The fourth-order valence-corrected chi connectivity index (χ4v) is 3.55. The quantitative estimate of drug-likeness (QED) is 0.314. The van der Waals surface area contributed by atoms with Gasteiger partial charge in [-0.1, -0.05) is 37.3 Å². The van der Waals surface area contributed by atoms with Crippen LogP contribution in [0.5, 0.6) is 23.0 Å². The van der Waals surface area contributed by atoms with Gasteiger partial charge in [0, 0.05) is 23.9 Å². The van der Waals surface area contributed by atoms with Crippen LogP contribution < -0.4 is 18.9 Å². The lowest BCUT2D eigenvalue weighted by molar-refractivity contribution is -0.145. The van der Waals surface area contributed by atoms with Crippen molar-refractivity contribution in [3.05, 3.63) is 83.7 Å². The highest BCUT2D eigenvalue weighted by molar-refractivity contribution is 5.73. The normalized spacial score (nSPS) is 11.8. The lowest BCUT2D eigenvalue weighted by Crippen LogP contribution is -2.26. The van der Waals surface area contributed by atoms with E-state index in [-0.39, 0.29) is 0 Å². The van der Waals surface area contributed by atoms with Gasteiger partial charge in [0.15, 0.2) is 17.6 Å². The molecule has 0 spiro atoms.